The van der Waals surface area contributed by atoms with Crippen molar-refractivity contribution in [3.63, 3.8) is 0 Å². The van der Waals surface area contributed by atoms with Crippen LogP contribution in [0.2, 0.25) is 0 Å². The van der Waals surface area contributed by atoms with E-state index in [1.54, 1.807) is 36.4 Å². The van der Waals surface area contributed by atoms with E-state index in [-0.39, 0.29) is 10.9 Å². The number of aromatic amines is 2. The van der Waals surface area contributed by atoms with Gasteiger partial charge in [-0.15, -0.1) is 0 Å². The Balaban J connectivity index is 2.49. The topological polar surface area (TPSA) is 78.9 Å². The van der Waals surface area contributed by atoms with E-state index in [1.165, 1.54) is 0 Å². The van der Waals surface area contributed by atoms with E-state index in [0.29, 0.717) is 32.6 Å². The number of benzene rings is 3. The molecule has 2 N–H and O–H groups in total. The second kappa shape index (κ2) is 3.35. The number of hydrogen-bond acceptors (Lipinski definition) is 3. The van der Waals surface area contributed by atoms with E-state index in [4.69, 9.17) is 4.63 Å². The van der Waals surface area contributed by atoms with Gasteiger partial charge in [-0.25, -0.2) is 0 Å². The Bertz CT molecular complexity index is 1050. The number of hydrogen-bond donors (Lipinski definition) is 2. The molecule has 4 aromatic rings. The molecule has 0 bridgehead atoms. The minimum Gasteiger partial charge on any atom is -0.296 e. The van der Waals surface area contributed by atoms with Crippen LogP contribution in [0.25, 0.3) is 32.6 Å². The van der Waals surface area contributed by atoms with E-state index >= 15 is 0 Å². The lowest BCUT2D eigenvalue weighted by molar-refractivity contribution is 0.316. The number of H-pyrrole nitrogens is 2. The summed E-state index contributed by atoms with van der Waals surface area (Å²) in [6.07, 6.45) is 0. The molecule has 19 heavy (non-hydrogen) atoms. The molecule has 0 saturated carbocycles. The molecule has 1 aromatic heterocycles. The van der Waals surface area contributed by atoms with Gasteiger partial charge >= 0.3 is 0 Å². The summed E-state index contributed by atoms with van der Waals surface area (Å²) in [5.74, 6) is 0. The molecule has 0 unspecified atom stereocenters. The largest absolute Gasteiger partial charge is 0.296 e. The Labute approximate surface area is 105 Å². The van der Waals surface area contributed by atoms with Crippen LogP contribution in [0.15, 0.2) is 50.6 Å². The minimum atomic E-state index is -0.165. The predicted octanol–water partition coefficient (Wildman–Crippen LogP) is 2.12. The van der Waals surface area contributed by atoms with Crippen molar-refractivity contribution in [2.45, 2.75) is 0 Å². The molecule has 5 nitrogen and oxygen atoms in total. The number of nitrogens with one attached hydrogen (secondary N) is 2. The van der Waals surface area contributed by atoms with Crippen LogP contribution in [-0.4, -0.2) is 10.3 Å². The SMILES string of the molecule is O=c1c2ccccc2c(=O)c2c1ccc1[nH]o[nH]c12. The zero-order chi connectivity index (χ0) is 13.0. The molecule has 0 amide bonds. The molecule has 0 saturated heterocycles. The maximum atomic E-state index is 12.5. The first-order valence-corrected chi connectivity index (χ1v) is 5.80. The van der Waals surface area contributed by atoms with Crippen LogP contribution in [0.1, 0.15) is 0 Å². The molecule has 1 heterocycles. The van der Waals surface area contributed by atoms with Crippen molar-refractivity contribution in [2.75, 3.05) is 0 Å². The van der Waals surface area contributed by atoms with Gasteiger partial charge in [0.15, 0.2) is 10.9 Å². The van der Waals surface area contributed by atoms with Crippen molar-refractivity contribution in [3.05, 3.63) is 56.8 Å². The van der Waals surface area contributed by atoms with Gasteiger partial charge in [-0.3, -0.25) is 14.2 Å². The quantitative estimate of drug-likeness (QED) is 0.470. The minimum absolute atomic E-state index is 0.137. The molecule has 92 valence electrons. The van der Waals surface area contributed by atoms with Gasteiger partial charge in [0.1, 0.15) is 11.0 Å². The first kappa shape index (κ1) is 10.1. The third-order valence-corrected chi connectivity index (χ3v) is 3.41. The molecule has 0 aliphatic rings. The summed E-state index contributed by atoms with van der Waals surface area (Å²) < 4.78 is 4.89. The summed E-state index contributed by atoms with van der Waals surface area (Å²) in [5.41, 5.74) is 0.869. The highest BCUT2D eigenvalue weighted by atomic mass is 16.6. The van der Waals surface area contributed by atoms with Crippen LogP contribution < -0.4 is 10.9 Å². The van der Waals surface area contributed by atoms with Crippen molar-refractivity contribution in [2.24, 2.45) is 0 Å². The maximum Gasteiger partial charge on any atom is 0.196 e. The number of rotatable bonds is 0. The Hall–Kier alpha value is -2.82. The van der Waals surface area contributed by atoms with E-state index in [2.05, 4.69) is 10.3 Å². The molecular weight excluding hydrogens is 244 g/mol. The molecule has 0 aliphatic heterocycles. The van der Waals surface area contributed by atoms with E-state index < -0.39 is 0 Å². The Morgan fingerprint density at radius 2 is 1.53 bits per heavy atom. The number of aromatic nitrogens is 2. The molecule has 0 radical (unpaired) electrons. The van der Waals surface area contributed by atoms with Crippen LogP contribution in [0, 0.1) is 0 Å². The Morgan fingerprint density at radius 3 is 2.32 bits per heavy atom. The summed E-state index contributed by atoms with van der Waals surface area (Å²) in [6, 6.07) is 10.2. The Kier molecular flexibility index (Phi) is 1.79. The molecular formula is C14H8N2O3. The van der Waals surface area contributed by atoms with Crippen molar-refractivity contribution >= 4 is 32.6 Å². The second-order valence-electron chi connectivity index (χ2n) is 4.42. The van der Waals surface area contributed by atoms with Crippen molar-refractivity contribution < 1.29 is 4.63 Å². The van der Waals surface area contributed by atoms with Crippen molar-refractivity contribution in [1.82, 2.24) is 10.3 Å². The Morgan fingerprint density at radius 1 is 0.789 bits per heavy atom. The third-order valence-electron chi connectivity index (χ3n) is 3.41. The second-order valence-corrected chi connectivity index (χ2v) is 4.42. The van der Waals surface area contributed by atoms with E-state index in [0.717, 1.165) is 0 Å². The predicted molar refractivity (Wildman–Crippen MR) is 72.5 cm³/mol. The fraction of sp³-hybridized carbons (Fsp3) is 0. The monoisotopic (exact) mass is 252 g/mol. The van der Waals surface area contributed by atoms with Crippen LogP contribution in [0.5, 0.6) is 0 Å². The van der Waals surface area contributed by atoms with Gasteiger partial charge in [-0.1, -0.05) is 24.3 Å². The first-order chi connectivity index (χ1) is 9.27. The van der Waals surface area contributed by atoms with E-state index in [1.807, 2.05) is 0 Å². The summed E-state index contributed by atoms with van der Waals surface area (Å²) in [7, 11) is 0. The zero-order valence-corrected chi connectivity index (χ0v) is 9.69. The smallest absolute Gasteiger partial charge is 0.196 e. The lowest BCUT2D eigenvalue weighted by Gasteiger charge is -2.00. The van der Waals surface area contributed by atoms with Crippen molar-refractivity contribution in [1.29, 1.82) is 0 Å². The third kappa shape index (κ3) is 1.18. The molecule has 5 heteroatoms. The van der Waals surface area contributed by atoms with E-state index in [9.17, 15) is 9.59 Å². The van der Waals surface area contributed by atoms with Gasteiger partial charge in [0.2, 0.25) is 0 Å². The summed E-state index contributed by atoms with van der Waals surface area (Å²) in [6.45, 7) is 0. The molecule has 0 atom stereocenters. The van der Waals surface area contributed by atoms with Crippen molar-refractivity contribution in [3.8, 4) is 0 Å². The maximum absolute atomic E-state index is 12.5. The van der Waals surface area contributed by atoms with Gasteiger partial charge in [0, 0.05) is 16.2 Å². The summed E-state index contributed by atoms with van der Waals surface area (Å²) in [4.78, 5) is 24.9. The average molecular weight is 252 g/mol. The summed E-state index contributed by atoms with van der Waals surface area (Å²) in [5, 5.41) is 6.92. The highest BCUT2D eigenvalue weighted by Gasteiger charge is 2.13. The van der Waals surface area contributed by atoms with Gasteiger partial charge in [-0.05, 0) is 12.1 Å². The van der Waals surface area contributed by atoms with Crippen LogP contribution >= 0.6 is 0 Å². The van der Waals surface area contributed by atoms with Crippen LogP contribution in [0.3, 0.4) is 0 Å². The van der Waals surface area contributed by atoms with Crippen LogP contribution in [0.4, 0.5) is 0 Å². The summed E-state index contributed by atoms with van der Waals surface area (Å²) >= 11 is 0. The zero-order valence-electron chi connectivity index (χ0n) is 9.69. The highest BCUT2D eigenvalue weighted by Crippen LogP contribution is 2.20. The molecule has 0 fully saturated rings. The fourth-order valence-corrected chi connectivity index (χ4v) is 2.51. The fourth-order valence-electron chi connectivity index (χ4n) is 2.51. The molecule has 4 rings (SSSR count). The number of fused-ring (bicyclic) bond motifs is 4. The standard InChI is InChI=1S/C14H8N2O3/c17-13-7-3-1-2-4-8(7)14(18)11-9(13)5-6-10-12(11)16-19-15-10/h1-6,15-16H. The molecule has 3 aromatic carbocycles. The highest BCUT2D eigenvalue weighted by molar-refractivity contribution is 6.08. The first-order valence-electron chi connectivity index (χ1n) is 5.80. The average Bonchev–Trinajstić information content (AvgIpc) is 2.92. The lowest BCUT2D eigenvalue weighted by Crippen LogP contribution is -2.13. The van der Waals surface area contributed by atoms with Gasteiger partial charge in [0.25, 0.3) is 0 Å². The van der Waals surface area contributed by atoms with Gasteiger partial charge < -0.3 is 0 Å². The normalized spacial score (nSPS) is 11.6. The van der Waals surface area contributed by atoms with Gasteiger partial charge in [-0.2, -0.15) is 10.3 Å². The lowest BCUT2D eigenvalue weighted by atomic mass is 10.0. The molecule has 0 aliphatic carbocycles. The molecule has 0 spiro atoms. The van der Waals surface area contributed by atoms with Crippen LogP contribution in [-0.2, 0) is 0 Å². The van der Waals surface area contributed by atoms with Gasteiger partial charge in [0.05, 0.1) is 5.39 Å².